The van der Waals surface area contributed by atoms with E-state index in [1.807, 2.05) is 48.5 Å². The highest BCUT2D eigenvalue weighted by Crippen LogP contribution is 2.26. The fraction of sp³-hybridized carbons (Fsp3) is 0.381. The fourth-order valence-corrected chi connectivity index (χ4v) is 3.34. The van der Waals surface area contributed by atoms with Crippen LogP contribution in [-0.4, -0.2) is 12.0 Å². The summed E-state index contributed by atoms with van der Waals surface area (Å²) in [4.78, 5) is 12.5. The van der Waals surface area contributed by atoms with Crippen LogP contribution in [0.2, 0.25) is 0 Å². The van der Waals surface area contributed by atoms with E-state index < -0.39 is 0 Å². The van der Waals surface area contributed by atoms with Crippen LogP contribution in [0.25, 0.3) is 0 Å². The van der Waals surface area contributed by atoms with E-state index in [0.29, 0.717) is 6.61 Å². The van der Waals surface area contributed by atoms with Crippen LogP contribution in [0.5, 0.6) is 0 Å². The molecule has 3 heteroatoms. The largest absolute Gasteiger partial charge is 0.461 e. The normalized spacial score (nSPS) is 20.5. The standard InChI is InChI=1S/C21H25NO2/c23-21(24-16-18-11-5-2-6-12-18)19-13-7-8-14-20(19)22-15-17-9-3-1-4-10-17/h1-6,9-12,19-20,22H,7-8,13-16H2/t19-,20-/m1/s1. The Kier molecular flexibility index (Phi) is 6.02. The van der Waals surface area contributed by atoms with Crippen molar-refractivity contribution in [3.8, 4) is 0 Å². The second kappa shape index (κ2) is 8.65. The molecule has 2 aromatic carbocycles. The smallest absolute Gasteiger partial charge is 0.310 e. The van der Waals surface area contributed by atoms with Gasteiger partial charge in [0.2, 0.25) is 0 Å². The van der Waals surface area contributed by atoms with Crippen molar-refractivity contribution < 1.29 is 9.53 Å². The Morgan fingerprint density at radius 3 is 2.25 bits per heavy atom. The number of nitrogens with one attached hydrogen (secondary N) is 1. The SMILES string of the molecule is O=C(OCc1ccccc1)[C@@H]1CCCC[C@H]1NCc1ccccc1. The predicted molar refractivity (Wildman–Crippen MR) is 95.3 cm³/mol. The number of benzene rings is 2. The Labute approximate surface area is 144 Å². The first-order chi connectivity index (χ1) is 11.8. The van der Waals surface area contributed by atoms with Gasteiger partial charge in [-0.15, -0.1) is 0 Å². The molecular weight excluding hydrogens is 298 g/mol. The lowest BCUT2D eigenvalue weighted by atomic mass is 9.84. The highest BCUT2D eigenvalue weighted by atomic mass is 16.5. The van der Waals surface area contributed by atoms with Crippen molar-refractivity contribution in [3.63, 3.8) is 0 Å². The maximum absolute atomic E-state index is 12.5. The summed E-state index contributed by atoms with van der Waals surface area (Å²) in [5.41, 5.74) is 2.29. The molecule has 126 valence electrons. The molecule has 1 fully saturated rings. The van der Waals surface area contributed by atoms with Gasteiger partial charge in [-0.05, 0) is 24.0 Å². The summed E-state index contributed by atoms with van der Waals surface area (Å²) >= 11 is 0. The van der Waals surface area contributed by atoms with Crippen molar-refractivity contribution >= 4 is 5.97 Å². The molecular formula is C21H25NO2. The van der Waals surface area contributed by atoms with Crippen LogP contribution in [0.3, 0.4) is 0 Å². The van der Waals surface area contributed by atoms with Crippen molar-refractivity contribution in [3.05, 3.63) is 71.8 Å². The molecule has 24 heavy (non-hydrogen) atoms. The molecule has 0 saturated heterocycles. The quantitative estimate of drug-likeness (QED) is 0.814. The first-order valence-corrected chi connectivity index (χ1v) is 8.81. The lowest BCUT2D eigenvalue weighted by molar-refractivity contribution is -0.152. The van der Waals surface area contributed by atoms with E-state index in [0.717, 1.165) is 31.4 Å². The lowest BCUT2D eigenvalue weighted by Crippen LogP contribution is -2.42. The molecule has 0 aliphatic heterocycles. The summed E-state index contributed by atoms with van der Waals surface area (Å²) in [6.45, 7) is 1.16. The molecule has 0 unspecified atom stereocenters. The minimum absolute atomic E-state index is 0.0359. The first-order valence-electron chi connectivity index (χ1n) is 8.81. The maximum Gasteiger partial charge on any atom is 0.310 e. The monoisotopic (exact) mass is 323 g/mol. The van der Waals surface area contributed by atoms with E-state index in [1.165, 1.54) is 12.0 Å². The third-order valence-electron chi connectivity index (χ3n) is 4.70. The van der Waals surface area contributed by atoms with E-state index in [4.69, 9.17) is 4.74 Å². The molecule has 0 radical (unpaired) electrons. The van der Waals surface area contributed by atoms with Crippen LogP contribution >= 0.6 is 0 Å². The zero-order chi connectivity index (χ0) is 16.6. The summed E-state index contributed by atoms with van der Waals surface area (Å²) in [6, 6.07) is 20.4. The zero-order valence-corrected chi connectivity index (χ0v) is 14.0. The Hall–Kier alpha value is -2.13. The average molecular weight is 323 g/mol. The van der Waals surface area contributed by atoms with Gasteiger partial charge >= 0.3 is 5.97 Å². The number of ether oxygens (including phenoxy) is 1. The van der Waals surface area contributed by atoms with Gasteiger partial charge in [-0.25, -0.2) is 0 Å². The molecule has 1 N–H and O–H groups in total. The molecule has 0 bridgehead atoms. The molecule has 2 aromatic rings. The van der Waals surface area contributed by atoms with Crippen molar-refractivity contribution in [2.24, 2.45) is 5.92 Å². The molecule has 1 aliphatic carbocycles. The van der Waals surface area contributed by atoms with Crippen LogP contribution in [0.4, 0.5) is 0 Å². The maximum atomic E-state index is 12.5. The molecule has 3 nitrogen and oxygen atoms in total. The number of carbonyl (C=O) groups is 1. The van der Waals surface area contributed by atoms with Crippen molar-refractivity contribution in [1.29, 1.82) is 0 Å². The number of rotatable bonds is 6. The number of esters is 1. The molecule has 3 rings (SSSR count). The average Bonchev–Trinajstić information content (AvgIpc) is 2.66. The van der Waals surface area contributed by atoms with E-state index in [2.05, 4.69) is 17.4 Å². The number of hydrogen-bond donors (Lipinski definition) is 1. The summed E-state index contributed by atoms with van der Waals surface area (Å²) in [7, 11) is 0. The zero-order valence-electron chi connectivity index (χ0n) is 14.0. The van der Waals surface area contributed by atoms with Gasteiger partial charge in [0.05, 0.1) is 5.92 Å². The number of carbonyl (C=O) groups excluding carboxylic acids is 1. The van der Waals surface area contributed by atoms with Crippen molar-refractivity contribution in [2.45, 2.75) is 44.9 Å². The fourth-order valence-electron chi connectivity index (χ4n) is 3.34. The molecule has 0 spiro atoms. The Morgan fingerprint density at radius 1 is 0.917 bits per heavy atom. The Balaban J connectivity index is 1.54. The lowest BCUT2D eigenvalue weighted by Gasteiger charge is -2.30. The van der Waals surface area contributed by atoms with E-state index in [1.54, 1.807) is 0 Å². The third kappa shape index (κ3) is 4.68. The number of hydrogen-bond acceptors (Lipinski definition) is 3. The van der Waals surface area contributed by atoms with Gasteiger partial charge in [0, 0.05) is 12.6 Å². The minimum atomic E-state index is -0.0656. The highest BCUT2D eigenvalue weighted by Gasteiger charge is 2.31. The summed E-state index contributed by atoms with van der Waals surface area (Å²) in [5, 5.41) is 3.57. The molecule has 0 amide bonds. The van der Waals surface area contributed by atoms with Crippen LogP contribution in [0.1, 0.15) is 36.8 Å². The second-order valence-electron chi connectivity index (χ2n) is 6.46. The third-order valence-corrected chi connectivity index (χ3v) is 4.70. The highest BCUT2D eigenvalue weighted by molar-refractivity contribution is 5.73. The van der Waals surface area contributed by atoms with E-state index in [9.17, 15) is 4.79 Å². The van der Waals surface area contributed by atoms with Gasteiger partial charge in [-0.2, -0.15) is 0 Å². The van der Waals surface area contributed by atoms with Gasteiger partial charge in [-0.1, -0.05) is 73.5 Å². The van der Waals surface area contributed by atoms with Crippen LogP contribution < -0.4 is 5.32 Å². The van der Waals surface area contributed by atoms with E-state index >= 15 is 0 Å². The second-order valence-corrected chi connectivity index (χ2v) is 6.46. The molecule has 1 aliphatic rings. The van der Waals surface area contributed by atoms with E-state index in [-0.39, 0.29) is 17.9 Å². The van der Waals surface area contributed by atoms with Gasteiger partial charge in [0.15, 0.2) is 0 Å². The van der Waals surface area contributed by atoms with Gasteiger partial charge in [-0.3, -0.25) is 4.79 Å². The molecule has 0 aromatic heterocycles. The Morgan fingerprint density at radius 2 is 1.54 bits per heavy atom. The minimum Gasteiger partial charge on any atom is -0.461 e. The topological polar surface area (TPSA) is 38.3 Å². The van der Waals surface area contributed by atoms with Crippen molar-refractivity contribution in [2.75, 3.05) is 0 Å². The Bertz CT molecular complexity index is 627. The summed E-state index contributed by atoms with van der Waals surface area (Å²) in [5.74, 6) is -0.102. The van der Waals surface area contributed by atoms with Crippen LogP contribution in [0, 0.1) is 5.92 Å². The van der Waals surface area contributed by atoms with Crippen LogP contribution in [0.15, 0.2) is 60.7 Å². The van der Waals surface area contributed by atoms with Crippen molar-refractivity contribution in [1.82, 2.24) is 5.32 Å². The van der Waals surface area contributed by atoms with Gasteiger partial charge < -0.3 is 10.1 Å². The first kappa shape index (κ1) is 16.7. The predicted octanol–water partition coefficient (Wildman–Crippen LogP) is 4.08. The van der Waals surface area contributed by atoms with Crippen LogP contribution in [-0.2, 0) is 22.7 Å². The molecule has 2 atom stereocenters. The molecule has 1 saturated carbocycles. The van der Waals surface area contributed by atoms with Gasteiger partial charge in [0.1, 0.15) is 6.61 Å². The molecule has 0 heterocycles. The van der Waals surface area contributed by atoms with Gasteiger partial charge in [0.25, 0.3) is 0 Å². The summed E-state index contributed by atoms with van der Waals surface area (Å²) in [6.07, 6.45) is 4.24. The summed E-state index contributed by atoms with van der Waals surface area (Å²) < 4.78 is 5.57.